The number of hydrogen-bond acceptors (Lipinski definition) is 5. The Balaban J connectivity index is 1.83. The number of aryl methyl sites for hydroxylation is 1. The van der Waals surface area contributed by atoms with Crippen molar-refractivity contribution in [3.05, 3.63) is 65.7 Å². The van der Waals surface area contributed by atoms with Gasteiger partial charge in [0, 0.05) is 36.4 Å². The molecule has 1 aromatic carbocycles. The topological polar surface area (TPSA) is 74.6 Å². The van der Waals surface area contributed by atoms with Gasteiger partial charge in [0.1, 0.15) is 6.61 Å². The SMILES string of the molecule is COCCOc1cc(NC(=O)c2cc(C)n(-c3cccnc3)c2C)ccc1OC. The van der Waals surface area contributed by atoms with Crippen LogP contribution in [0.2, 0.25) is 0 Å². The molecule has 0 unspecified atom stereocenters. The van der Waals surface area contributed by atoms with Gasteiger partial charge >= 0.3 is 0 Å². The zero-order valence-electron chi connectivity index (χ0n) is 17.1. The summed E-state index contributed by atoms with van der Waals surface area (Å²) in [4.78, 5) is 17.1. The lowest BCUT2D eigenvalue weighted by molar-refractivity contribution is 0.102. The molecule has 3 rings (SSSR count). The Hall–Kier alpha value is -3.32. The maximum Gasteiger partial charge on any atom is 0.257 e. The number of pyridine rings is 1. The van der Waals surface area contributed by atoms with Crippen molar-refractivity contribution in [3.8, 4) is 17.2 Å². The molecule has 0 aliphatic rings. The molecule has 0 aliphatic carbocycles. The van der Waals surface area contributed by atoms with Crippen molar-refractivity contribution in [1.82, 2.24) is 9.55 Å². The van der Waals surface area contributed by atoms with E-state index >= 15 is 0 Å². The van der Waals surface area contributed by atoms with Crippen LogP contribution in [0, 0.1) is 13.8 Å². The third kappa shape index (κ3) is 4.57. The van der Waals surface area contributed by atoms with E-state index in [1.165, 1.54) is 0 Å². The number of hydrogen-bond donors (Lipinski definition) is 1. The largest absolute Gasteiger partial charge is 0.493 e. The van der Waals surface area contributed by atoms with E-state index in [4.69, 9.17) is 14.2 Å². The summed E-state index contributed by atoms with van der Waals surface area (Å²) in [6.07, 6.45) is 3.50. The van der Waals surface area contributed by atoms with E-state index in [1.807, 2.05) is 36.6 Å². The highest BCUT2D eigenvalue weighted by molar-refractivity contribution is 6.05. The van der Waals surface area contributed by atoms with Crippen LogP contribution in [0.1, 0.15) is 21.7 Å². The van der Waals surface area contributed by atoms with Crippen molar-refractivity contribution in [2.75, 3.05) is 32.8 Å². The molecule has 7 nitrogen and oxygen atoms in total. The Morgan fingerprint density at radius 3 is 2.62 bits per heavy atom. The first-order chi connectivity index (χ1) is 14.0. The molecule has 0 spiro atoms. The van der Waals surface area contributed by atoms with E-state index < -0.39 is 0 Å². The second kappa shape index (κ2) is 9.25. The van der Waals surface area contributed by atoms with Crippen LogP contribution >= 0.6 is 0 Å². The summed E-state index contributed by atoms with van der Waals surface area (Å²) in [5.74, 6) is 0.943. The summed E-state index contributed by atoms with van der Waals surface area (Å²) in [6.45, 7) is 4.73. The van der Waals surface area contributed by atoms with Crippen LogP contribution < -0.4 is 14.8 Å². The molecule has 0 saturated heterocycles. The van der Waals surface area contributed by atoms with Gasteiger partial charge in [-0.05, 0) is 44.2 Å². The third-order valence-corrected chi connectivity index (χ3v) is 4.55. The number of ether oxygens (including phenoxy) is 3. The minimum absolute atomic E-state index is 0.193. The van der Waals surface area contributed by atoms with Crippen molar-refractivity contribution >= 4 is 11.6 Å². The van der Waals surface area contributed by atoms with Gasteiger partial charge in [0.05, 0.1) is 31.2 Å². The number of amides is 1. The van der Waals surface area contributed by atoms with E-state index in [0.717, 1.165) is 17.1 Å². The fraction of sp³-hybridized carbons (Fsp3) is 0.273. The lowest BCUT2D eigenvalue weighted by atomic mass is 10.2. The molecule has 0 aliphatic heterocycles. The van der Waals surface area contributed by atoms with Crippen LogP contribution in [0.25, 0.3) is 5.69 Å². The van der Waals surface area contributed by atoms with Crippen LogP contribution in [0.5, 0.6) is 11.5 Å². The van der Waals surface area contributed by atoms with Gasteiger partial charge in [-0.3, -0.25) is 9.78 Å². The second-order valence-electron chi connectivity index (χ2n) is 6.49. The number of anilines is 1. The maximum absolute atomic E-state index is 12.9. The number of rotatable bonds is 8. The highest BCUT2D eigenvalue weighted by Crippen LogP contribution is 2.31. The van der Waals surface area contributed by atoms with E-state index in [1.54, 1.807) is 44.8 Å². The highest BCUT2D eigenvalue weighted by atomic mass is 16.5. The fourth-order valence-electron chi connectivity index (χ4n) is 3.18. The maximum atomic E-state index is 12.9. The van der Waals surface area contributed by atoms with Crippen molar-refractivity contribution in [2.45, 2.75) is 13.8 Å². The molecular formula is C22H25N3O4. The number of nitrogens with zero attached hydrogens (tertiary/aromatic N) is 2. The quantitative estimate of drug-likeness (QED) is 0.588. The van der Waals surface area contributed by atoms with Gasteiger partial charge < -0.3 is 24.1 Å². The molecular weight excluding hydrogens is 370 g/mol. The summed E-state index contributed by atoms with van der Waals surface area (Å²) in [5.41, 5.74) is 3.94. The first-order valence-corrected chi connectivity index (χ1v) is 9.25. The number of benzene rings is 1. The van der Waals surface area contributed by atoms with Gasteiger partial charge in [-0.15, -0.1) is 0 Å². The Morgan fingerprint density at radius 1 is 1.10 bits per heavy atom. The summed E-state index contributed by atoms with van der Waals surface area (Å²) < 4.78 is 18.0. The molecule has 1 N–H and O–H groups in total. The van der Waals surface area contributed by atoms with Gasteiger partial charge in [-0.2, -0.15) is 0 Å². The highest BCUT2D eigenvalue weighted by Gasteiger charge is 2.17. The number of methoxy groups -OCH3 is 2. The third-order valence-electron chi connectivity index (χ3n) is 4.55. The molecule has 0 fully saturated rings. The number of carbonyl (C=O) groups is 1. The molecule has 7 heteroatoms. The van der Waals surface area contributed by atoms with Crippen LogP contribution in [-0.2, 0) is 4.74 Å². The lowest BCUT2D eigenvalue weighted by Gasteiger charge is -2.13. The molecule has 0 atom stereocenters. The summed E-state index contributed by atoms with van der Waals surface area (Å²) >= 11 is 0. The zero-order chi connectivity index (χ0) is 20.8. The van der Waals surface area contributed by atoms with Gasteiger partial charge in [-0.25, -0.2) is 0 Å². The zero-order valence-corrected chi connectivity index (χ0v) is 17.1. The minimum Gasteiger partial charge on any atom is -0.493 e. The van der Waals surface area contributed by atoms with E-state index in [-0.39, 0.29) is 5.91 Å². The Morgan fingerprint density at radius 2 is 1.93 bits per heavy atom. The number of nitrogens with one attached hydrogen (secondary N) is 1. The lowest BCUT2D eigenvalue weighted by Crippen LogP contribution is -2.13. The second-order valence-corrected chi connectivity index (χ2v) is 6.49. The molecule has 1 amide bonds. The molecule has 29 heavy (non-hydrogen) atoms. The molecule has 3 aromatic rings. The van der Waals surface area contributed by atoms with E-state index in [0.29, 0.717) is 36.0 Å². The fourth-order valence-corrected chi connectivity index (χ4v) is 3.18. The molecule has 0 radical (unpaired) electrons. The van der Waals surface area contributed by atoms with Gasteiger partial charge in [0.15, 0.2) is 11.5 Å². The van der Waals surface area contributed by atoms with Crippen molar-refractivity contribution in [2.24, 2.45) is 0 Å². The molecule has 2 heterocycles. The predicted molar refractivity (Wildman–Crippen MR) is 111 cm³/mol. The van der Waals surface area contributed by atoms with Gasteiger partial charge in [-0.1, -0.05) is 0 Å². The predicted octanol–water partition coefficient (Wildman–Crippen LogP) is 3.78. The Bertz CT molecular complexity index is 983. The van der Waals surface area contributed by atoms with Crippen molar-refractivity contribution in [3.63, 3.8) is 0 Å². The first kappa shape index (κ1) is 20.4. The molecule has 152 valence electrons. The minimum atomic E-state index is -0.193. The molecule has 0 bridgehead atoms. The monoisotopic (exact) mass is 395 g/mol. The smallest absolute Gasteiger partial charge is 0.257 e. The van der Waals surface area contributed by atoms with E-state index in [2.05, 4.69) is 10.3 Å². The van der Waals surface area contributed by atoms with E-state index in [9.17, 15) is 4.79 Å². The number of carbonyl (C=O) groups excluding carboxylic acids is 1. The average Bonchev–Trinajstić information content (AvgIpc) is 3.03. The van der Waals surface area contributed by atoms with Gasteiger partial charge in [0.25, 0.3) is 5.91 Å². The van der Waals surface area contributed by atoms with Crippen LogP contribution in [-0.4, -0.2) is 42.9 Å². The van der Waals surface area contributed by atoms with Crippen molar-refractivity contribution < 1.29 is 19.0 Å². The first-order valence-electron chi connectivity index (χ1n) is 9.25. The molecule has 2 aromatic heterocycles. The summed E-state index contributed by atoms with van der Waals surface area (Å²) in [5, 5.41) is 2.94. The standard InChI is InChI=1S/C22H25N3O4/c1-15-12-19(16(2)25(15)18-6-5-9-23-14-18)22(26)24-17-7-8-20(28-4)21(13-17)29-11-10-27-3/h5-9,12-14H,10-11H2,1-4H3,(H,24,26). The van der Waals surface area contributed by atoms with Crippen LogP contribution in [0.4, 0.5) is 5.69 Å². The summed E-state index contributed by atoms with van der Waals surface area (Å²) in [6, 6.07) is 11.0. The van der Waals surface area contributed by atoms with Crippen LogP contribution in [0.3, 0.4) is 0 Å². The average molecular weight is 395 g/mol. The summed E-state index contributed by atoms with van der Waals surface area (Å²) in [7, 11) is 3.18. The number of aromatic nitrogens is 2. The van der Waals surface area contributed by atoms with Crippen LogP contribution in [0.15, 0.2) is 48.8 Å². The van der Waals surface area contributed by atoms with Crippen molar-refractivity contribution in [1.29, 1.82) is 0 Å². The van der Waals surface area contributed by atoms with Gasteiger partial charge in [0.2, 0.25) is 0 Å². The Labute approximate surface area is 170 Å². The normalized spacial score (nSPS) is 10.6. The molecule has 0 saturated carbocycles. The Kier molecular flexibility index (Phi) is 6.51.